The van der Waals surface area contributed by atoms with Crippen molar-refractivity contribution in [3.63, 3.8) is 0 Å². The molecule has 0 amide bonds. The van der Waals surface area contributed by atoms with Gasteiger partial charge in [0.25, 0.3) is 0 Å². The van der Waals surface area contributed by atoms with Gasteiger partial charge in [0.15, 0.2) is 16.6 Å². The molecule has 0 saturated carbocycles. The molecule has 7 heteroatoms. The number of hydrogen-bond acceptors (Lipinski definition) is 4. The number of hydrazine groups is 1. The third-order valence-electron chi connectivity index (χ3n) is 3.07. The Labute approximate surface area is 138 Å². The molecule has 2 aromatic rings. The van der Waals surface area contributed by atoms with E-state index in [-0.39, 0.29) is 6.79 Å². The maximum absolute atomic E-state index is 6.04. The molecule has 0 unspecified atom stereocenters. The van der Waals surface area contributed by atoms with Crippen LogP contribution in [-0.4, -0.2) is 11.9 Å². The molecule has 0 saturated heterocycles. The van der Waals surface area contributed by atoms with E-state index in [9.17, 15) is 0 Å². The van der Waals surface area contributed by atoms with E-state index in [0.717, 1.165) is 22.7 Å². The zero-order valence-electron chi connectivity index (χ0n) is 11.6. The Morgan fingerprint density at radius 1 is 1.14 bits per heavy atom. The number of nitrogens with one attached hydrogen (secondary N) is 3. The molecule has 0 fully saturated rings. The summed E-state index contributed by atoms with van der Waals surface area (Å²) in [6.07, 6.45) is 0. The van der Waals surface area contributed by atoms with Crippen LogP contribution in [-0.2, 0) is 6.54 Å². The lowest BCUT2D eigenvalue weighted by molar-refractivity contribution is 0.174. The van der Waals surface area contributed by atoms with Crippen molar-refractivity contribution in [2.45, 2.75) is 6.54 Å². The zero-order valence-corrected chi connectivity index (χ0v) is 13.1. The standard InChI is InChI=1S/C15H14ClN3O2S/c16-11-3-1-2-4-12(11)18-19-15(22)17-8-10-5-6-13-14(7-10)21-9-20-13/h1-7,18H,8-9H2,(H2,17,19,22). The summed E-state index contributed by atoms with van der Waals surface area (Å²) >= 11 is 11.3. The van der Waals surface area contributed by atoms with Crippen LogP contribution in [0.3, 0.4) is 0 Å². The highest BCUT2D eigenvalue weighted by atomic mass is 35.5. The molecule has 1 heterocycles. The maximum Gasteiger partial charge on any atom is 0.231 e. The fourth-order valence-electron chi connectivity index (χ4n) is 1.96. The molecular formula is C15H14ClN3O2S. The van der Waals surface area contributed by atoms with Crippen LogP contribution in [0.25, 0.3) is 0 Å². The number of fused-ring (bicyclic) bond motifs is 1. The highest BCUT2D eigenvalue weighted by Crippen LogP contribution is 2.32. The van der Waals surface area contributed by atoms with E-state index in [1.54, 1.807) is 6.07 Å². The Bertz CT molecular complexity index is 696. The SMILES string of the molecule is S=C(NCc1ccc2c(c1)OCO2)NNc1ccccc1Cl. The van der Waals surface area contributed by atoms with Gasteiger partial charge in [-0.3, -0.25) is 10.9 Å². The molecular weight excluding hydrogens is 322 g/mol. The van der Waals surface area contributed by atoms with Gasteiger partial charge in [0.2, 0.25) is 6.79 Å². The minimum Gasteiger partial charge on any atom is -0.454 e. The average molecular weight is 336 g/mol. The van der Waals surface area contributed by atoms with E-state index in [0.29, 0.717) is 16.7 Å². The molecule has 0 aliphatic carbocycles. The van der Waals surface area contributed by atoms with Gasteiger partial charge in [-0.1, -0.05) is 29.8 Å². The van der Waals surface area contributed by atoms with Crippen LogP contribution in [0.1, 0.15) is 5.56 Å². The van der Waals surface area contributed by atoms with Crippen LogP contribution in [0.5, 0.6) is 11.5 Å². The minimum atomic E-state index is 0.272. The smallest absolute Gasteiger partial charge is 0.231 e. The van der Waals surface area contributed by atoms with Crippen molar-refractivity contribution in [2.75, 3.05) is 12.2 Å². The van der Waals surface area contributed by atoms with Crippen molar-refractivity contribution in [1.29, 1.82) is 0 Å². The number of rotatable bonds is 4. The van der Waals surface area contributed by atoms with Crippen molar-refractivity contribution in [2.24, 2.45) is 0 Å². The maximum atomic E-state index is 6.04. The highest BCUT2D eigenvalue weighted by molar-refractivity contribution is 7.80. The monoisotopic (exact) mass is 335 g/mol. The second kappa shape index (κ2) is 6.72. The third kappa shape index (κ3) is 3.52. The van der Waals surface area contributed by atoms with Gasteiger partial charge in [-0.2, -0.15) is 0 Å². The zero-order chi connectivity index (χ0) is 15.4. The normalized spacial score (nSPS) is 11.9. The summed E-state index contributed by atoms with van der Waals surface area (Å²) in [4.78, 5) is 0. The lowest BCUT2D eigenvalue weighted by Gasteiger charge is -2.13. The van der Waals surface area contributed by atoms with Crippen molar-refractivity contribution in [3.05, 3.63) is 53.1 Å². The van der Waals surface area contributed by atoms with Crippen LogP contribution < -0.4 is 25.6 Å². The second-order valence-corrected chi connectivity index (χ2v) is 5.42. The van der Waals surface area contributed by atoms with Gasteiger partial charge in [0, 0.05) is 6.54 Å². The predicted molar refractivity (Wildman–Crippen MR) is 90.2 cm³/mol. The predicted octanol–water partition coefficient (Wildman–Crippen LogP) is 3.06. The summed E-state index contributed by atoms with van der Waals surface area (Å²) in [5.41, 5.74) is 7.66. The molecule has 0 spiro atoms. The molecule has 1 aliphatic rings. The van der Waals surface area contributed by atoms with Gasteiger partial charge in [0.1, 0.15) is 0 Å². The van der Waals surface area contributed by atoms with Crippen molar-refractivity contribution < 1.29 is 9.47 Å². The van der Waals surface area contributed by atoms with E-state index in [1.807, 2.05) is 36.4 Å². The number of anilines is 1. The molecule has 0 aromatic heterocycles. The minimum absolute atomic E-state index is 0.272. The summed E-state index contributed by atoms with van der Waals surface area (Å²) in [5.74, 6) is 1.53. The fourth-order valence-corrected chi connectivity index (χ4v) is 2.27. The molecule has 5 nitrogen and oxygen atoms in total. The van der Waals surface area contributed by atoms with Gasteiger partial charge >= 0.3 is 0 Å². The highest BCUT2D eigenvalue weighted by Gasteiger charge is 2.13. The van der Waals surface area contributed by atoms with Crippen molar-refractivity contribution in [1.82, 2.24) is 10.7 Å². The third-order valence-corrected chi connectivity index (χ3v) is 3.65. The largest absolute Gasteiger partial charge is 0.454 e. The van der Waals surface area contributed by atoms with E-state index >= 15 is 0 Å². The van der Waals surface area contributed by atoms with E-state index < -0.39 is 0 Å². The number of para-hydroxylation sites is 1. The lowest BCUT2D eigenvalue weighted by Crippen LogP contribution is -2.38. The molecule has 2 aromatic carbocycles. The first-order chi connectivity index (χ1) is 10.7. The van der Waals surface area contributed by atoms with E-state index in [1.165, 1.54) is 0 Å². The number of halogens is 1. The molecule has 22 heavy (non-hydrogen) atoms. The molecule has 3 rings (SSSR count). The van der Waals surface area contributed by atoms with Crippen LogP contribution in [0.15, 0.2) is 42.5 Å². The fraction of sp³-hybridized carbons (Fsp3) is 0.133. The van der Waals surface area contributed by atoms with E-state index in [4.69, 9.17) is 33.3 Å². The Hall–Kier alpha value is -2.18. The summed E-state index contributed by atoms with van der Waals surface area (Å²) in [6, 6.07) is 13.2. The van der Waals surface area contributed by atoms with Crippen molar-refractivity contribution >= 4 is 34.6 Å². The number of thiocarbonyl (C=S) groups is 1. The second-order valence-electron chi connectivity index (χ2n) is 4.60. The molecule has 114 valence electrons. The van der Waals surface area contributed by atoms with Crippen LogP contribution in [0, 0.1) is 0 Å². The Kier molecular flexibility index (Phi) is 4.50. The summed E-state index contributed by atoms with van der Waals surface area (Å²) < 4.78 is 10.6. The van der Waals surface area contributed by atoms with Crippen LogP contribution >= 0.6 is 23.8 Å². The average Bonchev–Trinajstić information content (AvgIpc) is 2.99. The first-order valence-corrected chi connectivity index (χ1v) is 7.44. The summed E-state index contributed by atoms with van der Waals surface area (Å²) in [7, 11) is 0. The van der Waals surface area contributed by atoms with Gasteiger partial charge in [-0.15, -0.1) is 0 Å². The van der Waals surface area contributed by atoms with Crippen LogP contribution in [0.4, 0.5) is 5.69 Å². The summed E-state index contributed by atoms with van der Waals surface area (Å²) in [6.45, 7) is 0.848. The number of hydrogen-bond donors (Lipinski definition) is 3. The van der Waals surface area contributed by atoms with Crippen LogP contribution in [0.2, 0.25) is 5.02 Å². The summed E-state index contributed by atoms with van der Waals surface area (Å²) in [5, 5.41) is 4.19. The Morgan fingerprint density at radius 3 is 2.82 bits per heavy atom. The first-order valence-electron chi connectivity index (χ1n) is 6.65. The van der Waals surface area contributed by atoms with Gasteiger partial charge in [0.05, 0.1) is 10.7 Å². The van der Waals surface area contributed by atoms with E-state index in [2.05, 4.69) is 16.2 Å². The molecule has 0 atom stereocenters. The van der Waals surface area contributed by atoms with Crippen molar-refractivity contribution in [3.8, 4) is 11.5 Å². The Morgan fingerprint density at radius 2 is 1.95 bits per heavy atom. The molecule has 3 N–H and O–H groups in total. The number of benzene rings is 2. The molecule has 0 bridgehead atoms. The topological polar surface area (TPSA) is 54.5 Å². The lowest BCUT2D eigenvalue weighted by atomic mass is 10.2. The first kappa shape index (κ1) is 14.7. The van der Waals surface area contributed by atoms with Gasteiger partial charge < -0.3 is 14.8 Å². The van der Waals surface area contributed by atoms with Gasteiger partial charge in [-0.25, -0.2) is 0 Å². The van der Waals surface area contributed by atoms with Gasteiger partial charge in [-0.05, 0) is 42.0 Å². The molecule has 1 aliphatic heterocycles. The molecule has 0 radical (unpaired) electrons. The Balaban J connectivity index is 1.49. The quantitative estimate of drug-likeness (QED) is 0.590. The number of ether oxygens (including phenoxy) is 2.